The van der Waals surface area contributed by atoms with Crippen LogP contribution in [-0.4, -0.2) is 30.6 Å². The maximum absolute atomic E-state index is 12.8. The second-order valence-corrected chi connectivity index (χ2v) is 6.76. The predicted octanol–water partition coefficient (Wildman–Crippen LogP) is 3.74. The van der Waals surface area contributed by atoms with E-state index in [2.05, 4.69) is 25.4 Å². The number of carbonyl (C=O) groups is 1. The number of fused-ring (bicyclic) bond motifs is 1. The highest BCUT2D eigenvalue weighted by molar-refractivity contribution is 5.91. The van der Waals surface area contributed by atoms with E-state index in [-0.39, 0.29) is 18.3 Å². The first-order chi connectivity index (χ1) is 14.8. The molecular weight excluding hydrogens is 376 g/mol. The van der Waals surface area contributed by atoms with E-state index < -0.39 is 0 Å². The zero-order valence-electron chi connectivity index (χ0n) is 16.0. The Kier molecular flexibility index (Phi) is 4.53. The van der Waals surface area contributed by atoms with Gasteiger partial charge >= 0.3 is 0 Å². The third-order valence-corrected chi connectivity index (χ3v) is 4.70. The van der Waals surface area contributed by atoms with Gasteiger partial charge in [0.15, 0.2) is 5.82 Å². The lowest BCUT2D eigenvalue weighted by atomic mass is 10.2. The molecule has 7 nitrogen and oxygen atoms in total. The molecule has 0 unspecified atom stereocenters. The van der Waals surface area contributed by atoms with E-state index in [1.165, 1.54) is 0 Å². The molecule has 0 radical (unpaired) electrons. The molecule has 30 heavy (non-hydrogen) atoms. The number of amides is 1. The first-order valence-electron chi connectivity index (χ1n) is 9.58. The van der Waals surface area contributed by atoms with Crippen LogP contribution in [0.1, 0.15) is 16.4 Å². The summed E-state index contributed by atoms with van der Waals surface area (Å²) < 4.78 is 1.69. The first-order valence-corrected chi connectivity index (χ1v) is 9.58. The molecule has 0 bridgehead atoms. The summed E-state index contributed by atoms with van der Waals surface area (Å²) in [6.45, 7) is 0.258. The van der Waals surface area contributed by atoms with Crippen molar-refractivity contribution in [1.82, 2.24) is 30.0 Å². The predicted molar refractivity (Wildman–Crippen MR) is 114 cm³/mol. The van der Waals surface area contributed by atoms with Crippen LogP contribution >= 0.6 is 0 Å². The molecule has 2 N–H and O–H groups in total. The van der Waals surface area contributed by atoms with Gasteiger partial charge < -0.3 is 10.3 Å². The minimum atomic E-state index is -0.359. The summed E-state index contributed by atoms with van der Waals surface area (Å²) in [5.41, 5.74) is 3.50. The molecule has 5 rings (SSSR count). The molecule has 146 valence electrons. The average molecular weight is 394 g/mol. The van der Waals surface area contributed by atoms with Crippen molar-refractivity contribution in [3.05, 3.63) is 96.6 Å². The van der Waals surface area contributed by atoms with Crippen molar-refractivity contribution in [3.8, 4) is 17.1 Å². The number of hydrogen-bond donors (Lipinski definition) is 2. The summed E-state index contributed by atoms with van der Waals surface area (Å²) >= 11 is 0. The third kappa shape index (κ3) is 3.44. The first kappa shape index (κ1) is 17.8. The van der Waals surface area contributed by atoms with Crippen molar-refractivity contribution in [3.63, 3.8) is 0 Å². The fourth-order valence-electron chi connectivity index (χ4n) is 3.26. The van der Waals surface area contributed by atoms with E-state index >= 15 is 0 Å². The van der Waals surface area contributed by atoms with Crippen LogP contribution in [-0.2, 0) is 6.54 Å². The van der Waals surface area contributed by atoms with Crippen molar-refractivity contribution in [2.45, 2.75) is 6.54 Å². The highest BCUT2D eigenvalue weighted by Gasteiger charge is 2.18. The van der Waals surface area contributed by atoms with Crippen molar-refractivity contribution in [2.24, 2.45) is 0 Å². The molecule has 0 aliphatic carbocycles. The Hall–Kier alpha value is -4.26. The van der Waals surface area contributed by atoms with Crippen LogP contribution in [0.4, 0.5) is 0 Å². The van der Waals surface area contributed by atoms with E-state index in [0.717, 1.165) is 22.3 Å². The monoisotopic (exact) mass is 394 g/mol. The van der Waals surface area contributed by atoms with Crippen LogP contribution in [0.25, 0.3) is 28.1 Å². The molecule has 5 aromatic rings. The number of aromatic nitrogens is 5. The van der Waals surface area contributed by atoms with E-state index in [0.29, 0.717) is 11.6 Å². The summed E-state index contributed by atoms with van der Waals surface area (Å²) in [6.07, 6.45) is 0. The van der Waals surface area contributed by atoms with Gasteiger partial charge in [-0.1, -0.05) is 60.7 Å². The van der Waals surface area contributed by atoms with Crippen LogP contribution in [0.2, 0.25) is 0 Å². The molecule has 3 aromatic carbocycles. The maximum atomic E-state index is 12.8. The number of para-hydroxylation sites is 3. The van der Waals surface area contributed by atoms with E-state index in [9.17, 15) is 4.79 Å². The number of aromatic amines is 1. The highest BCUT2D eigenvalue weighted by Crippen LogP contribution is 2.21. The molecule has 0 aliphatic rings. The SMILES string of the molecule is O=C(NCc1nc2ccccc2[nH]1)c1nc(-c2ccccc2)n(-c2ccccc2)n1. The molecule has 0 fully saturated rings. The minimum absolute atomic E-state index is 0.105. The van der Waals surface area contributed by atoms with E-state index in [1.54, 1.807) is 4.68 Å². The van der Waals surface area contributed by atoms with Gasteiger partial charge in [-0.25, -0.2) is 14.6 Å². The Balaban J connectivity index is 1.43. The molecule has 0 saturated heterocycles. The van der Waals surface area contributed by atoms with Crippen LogP contribution in [0.3, 0.4) is 0 Å². The van der Waals surface area contributed by atoms with Crippen molar-refractivity contribution in [1.29, 1.82) is 0 Å². The molecular formula is C23H18N6O. The Labute approximate surface area is 172 Å². The fraction of sp³-hybridized carbons (Fsp3) is 0.0435. The Bertz CT molecular complexity index is 1220. The van der Waals surface area contributed by atoms with Crippen molar-refractivity contribution < 1.29 is 4.79 Å². The fourth-order valence-corrected chi connectivity index (χ4v) is 3.26. The topological polar surface area (TPSA) is 88.5 Å². The standard InChI is InChI=1S/C23H18N6O/c30-23(24-15-20-25-18-13-7-8-14-19(18)26-20)21-27-22(16-9-3-1-4-10-16)29(28-21)17-11-5-2-6-12-17/h1-14H,15H2,(H,24,30)(H,25,26). The largest absolute Gasteiger partial charge is 0.342 e. The van der Waals surface area contributed by atoms with Gasteiger partial charge in [-0.15, -0.1) is 5.10 Å². The zero-order valence-corrected chi connectivity index (χ0v) is 16.0. The summed E-state index contributed by atoms with van der Waals surface area (Å²) in [4.78, 5) is 25.0. The Morgan fingerprint density at radius 1 is 0.867 bits per heavy atom. The van der Waals surface area contributed by atoms with Crippen LogP contribution < -0.4 is 5.32 Å². The van der Waals surface area contributed by atoms with E-state index in [4.69, 9.17) is 0 Å². The smallest absolute Gasteiger partial charge is 0.291 e. The molecule has 2 heterocycles. The van der Waals surface area contributed by atoms with E-state index in [1.807, 2.05) is 84.9 Å². The molecule has 0 spiro atoms. The quantitative estimate of drug-likeness (QED) is 0.475. The molecule has 0 atom stereocenters. The summed E-state index contributed by atoms with van der Waals surface area (Å²) in [7, 11) is 0. The number of carbonyl (C=O) groups excluding carboxylic acids is 1. The average Bonchev–Trinajstić information content (AvgIpc) is 3.43. The number of rotatable bonds is 5. The van der Waals surface area contributed by atoms with Crippen LogP contribution in [0.5, 0.6) is 0 Å². The number of nitrogens with one attached hydrogen (secondary N) is 2. The minimum Gasteiger partial charge on any atom is -0.342 e. The van der Waals surface area contributed by atoms with Crippen LogP contribution in [0, 0.1) is 0 Å². The van der Waals surface area contributed by atoms with Gasteiger partial charge in [-0.2, -0.15) is 0 Å². The molecule has 2 aromatic heterocycles. The van der Waals surface area contributed by atoms with Gasteiger partial charge in [0.2, 0.25) is 5.82 Å². The lowest BCUT2D eigenvalue weighted by Gasteiger charge is -2.05. The number of nitrogens with zero attached hydrogens (tertiary/aromatic N) is 4. The lowest BCUT2D eigenvalue weighted by Crippen LogP contribution is -2.24. The summed E-state index contributed by atoms with van der Waals surface area (Å²) in [5.74, 6) is 1.03. The normalized spacial score (nSPS) is 10.9. The number of H-pyrrole nitrogens is 1. The third-order valence-electron chi connectivity index (χ3n) is 4.70. The molecule has 0 aliphatic heterocycles. The maximum Gasteiger partial charge on any atom is 0.291 e. The second kappa shape index (κ2) is 7.63. The summed E-state index contributed by atoms with van der Waals surface area (Å²) in [6, 6.07) is 27.1. The Morgan fingerprint density at radius 3 is 2.33 bits per heavy atom. The highest BCUT2D eigenvalue weighted by atomic mass is 16.2. The van der Waals surface area contributed by atoms with Gasteiger partial charge in [-0.3, -0.25) is 4.79 Å². The zero-order chi connectivity index (χ0) is 20.3. The van der Waals surface area contributed by atoms with Gasteiger partial charge in [0, 0.05) is 5.56 Å². The van der Waals surface area contributed by atoms with Gasteiger partial charge in [0.05, 0.1) is 23.3 Å². The van der Waals surface area contributed by atoms with Gasteiger partial charge in [0.25, 0.3) is 5.91 Å². The Morgan fingerprint density at radius 2 is 1.57 bits per heavy atom. The molecule has 0 saturated carbocycles. The second-order valence-electron chi connectivity index (χ2n) is 6.76. The van der Waals surface area contributed by atoms with Crippen LogP contribution in [0.15, 0.2) is 84.9 Å². The lowest BCUT2D eigenvalue weighted by molar-refractivity contribution is 0.0939. The summed E-state index contributed by atoms with van der Waals surface area (Å²) in [5, 5.41) is 7.32. The number of hydrogen-bond acceptors (Lipinski definition) is 4. The van der Waals surface area contributed by atoms with Crippen molar-refractivity contribution >= 4 is 16.9 Å². The number of imidazole rings is 1. The van der Waals surface area contributed by atoms with Gasteiger partial charge in [0.1, 0.15) is 5.82 Å². The number of benzene rings is 3. The van der Waals surface area contributed by atoms with Gasteiger partial charge in [-0.05, 0) is 24.3 Å². The van der Waals surface area contributed by atoms with Crippen molar-refractivity contribution in [2.75, 3.05) is 0 Å². The molecule has 7 heteroatoms. The molecule has 1 amide bonds.